The molecular weight excluding hydrogens is 355 g/mol. The van der Waals surface area contributed by atoms with Gasteiger partial charge in [-0.2, -0.15) is 0 Å². The smallest absolute Gasteiger partial charge is 0.155 e. The molecule has 0 amide bonds. The number of benzene rings is 2. The van der Waals surface area contributed by atoms with Crippen LogP contribution in [-0.2, 0) is 9.59 Å². The number of ether oxygens (including phenoxy) is 1. The molecule has 0 bridgehead atoms. The van der Waals surface area contributed by atoms with E-state index in [9.17, 15) is 14.0 Å². The highest BCUT2D eigenvalue weighted by Gasteiger charge is 2.43. The quantitative estimate of drug-likeness (QED) is 0.562. The van der Waals surface area contributed by atoms with E-state index >= 15 is 0 Å². The van der Waals surface area contributed by atoms with Crippen LogP contribution in [-0.4, -0.2) is 18.7 Å². The molecule has 1 unspecified atom stereocenters. The Balaban J connectivity index is 2.07. The number of carbonyl (C=O) groups is 2. The minimum absolute atomic E-state index is 0.159. The van der Waals surface area contributed by atoms with Crippen molar-refractivity contribution in [2.24, 2.45) is 5.92 Å². The highest BCUT2D eigenvalue weighted by atomic mass is 35.5. The molecule has 3 rings (SSSR count). The second-order valence-electron chi connectivity index (χ2n) is 6.22. The first-order chi connectivity index (χ1) is 12.5. The number of ketones is 2. The second-order valence-corrected chi connectivity index (χ2v) is 6.63. The zero-order valence-corrected chi connectivity index (χ0v) is 15.2. The van der Waals surface area contributed by atoms with Crippen LogP contribution in [0.3, 0.4) is 0 Å². The lowest BCUT2D eigenvalue weighted by Crippen LogP contribution is -2.16. The van der Waals surface area contributed by atoms with Crippen LogP contribution < -0.4 is 4.74 Å². The molecule has 1 aliphatic carbocycles. The molecule has 0 heterocycles. The number of allylic oxidation sites excluding steroid dienone is 2. The summed E-state index contributed by atoms with van der Waals surface area (Å²) >= 11 is 6.45. The first-order valence-electron chi connectivity index (χ1n) is 8.29. The summed E-state index contributed by atoms with van der Waals surface area (Å²) < 4.78 is 18.6. The Morgan fingerprint density at radius 3 is 2.46 bits per heavy atom. The van der Waals surface area contributed by atoms with E-state index in [2.05, 4.69) is 0 Å². The van der Waals surface area contributed by atoms with E-state index < -0.39 is 11.8 Å². The highest BCUT2D eigenvalue weighted by Crippen LogP contribution is 2.43. The van der Waals surface area contributed by atoms with Crippen molar-refractivity contribution in [3.63, 3.8) is 0 Å². The van der Waals surface area contributed by atoms with E-state index in [0.717, 1.165) is 11.1 Å². The van der Waals surface area contributed by atoms with Crippen LogP contribution in [0.4, 0.5) is 4.39 Å². The van der Waals surface area contributed by atoms with Gasteiger partial charge in [0, 0.05) is 22.9 Å². The summed E-state index contributed by atoms with van der Waals surface area (Å²) in [4.78, 5) is 25.2. The largest absolute Gasteiger partial charge is 0.496 e. The molecule has 0 aliphatic heterocycles. The van der Waals surface area contributed by atoms with Crippen molar-refractivity contribution in [3.8, 4) is 16.9 Å². The number of hydrogen-bond acceptors (Lipinski definition) is 3. The maximum absolute atomic E-state index is 13.1. The fourth-order valence-corrected chi connectivity index (χ4v) is 3.68. The molecule has 0 N–H and O–H groups in total. The molecule has 134 valence electrons. The zero-order valence-electron chi connectivity index (χ0n) is 14.5. The molecule has 1 aliphatic rings. The molecule has 3 nitrogen and oxygen atoms in total. The van der Waals surface area contributed by atoms with Gasteiger partial charge in [-0.15, -0.1) is 0 Å². The second kappa shape index (κ2) is 7.42. The van der Waals surface area contributed by atoms with Gasteiger partial charge in [0.1, 0.15) is 23.3 Å². The highest BCUT2D eigenvalue weighted by molar-refractivity contribution is 6.33. The lowest BCUT2D eigenvalue weighted by atomic mass is 9.91. The van der Waals surface area contributed by atoms with Gasteiger partial charge in [0.05, 0.1) is 7.11 Å². The molecule has 0 saturated heterocycles. The third kappa shape index (κ3) is 3.29. The number of carbonyl (C=O) groups excluding carboxylic acids is 2. The Kier molecular flexibility index (Phi) is 5.23. The third-order valence-electron chi connectivity index (χ3n) is 4.60. The van der Waals surface area contributed by atoms with Gasteiger partial charge < -0.3 is 4.74 Å². The van der Waals surface area contributed by atoms with Crippen molar-refractivity contribution in [1.82, 2.24) is 0 Å². The van der Waals surface area contributed by atoms with E-state index in [1.54, 1.807) is 36.4 Å². The molecule has 0 radical (unpaired) electrons. The van der Waals surface area contributed by atoms with Crippen molar-refractivity contribution < 1.29 is 18.7 Å². The maximum Gasteiger partial charge on any atom is 0.155 e. The molecule has 1 fully saturated rings. The van der Waals surface area contributed by atoms with Crippen LogP contribution in [0.2, 0.25) is 5.02 Å². The van der Waals surface area contributed by atoms with Crippen molar-refractivity contribution in [2.45, 2.75) is 19.3 Å². The monoisotopic (exact) mass is 372 g/mol. The molecular formula is C21H18ClFO3. The summed E-state index contributed by atoms with van der Waals surface area (Å²) in [5.41, 5.74) is 1.88. The Hall–Kier alpha value is -2.46. The minimum Gasteiger partial charge on any atom is -0.496 e. The number of hydrogen-bond donors (Lipinski definition) is 0. The van der Waals surface area contributed by atoms with E-state index in [1.807, 2.05) is 6.92 Å². The average molecular weight is 373 g/mol. The maximum atomic E-state index is 13.1. The summed E-state index contributed by atoms with van der Waals surface area (Å²) in [6.45, 7) is 1.82. The average Bonchev–Trinajstić information content (AvgIpc) is 2.89. The standard InChI is InChI=1S/C21H18ClFO3/c1-3-4-13-10-17(24)20(21(13)25)19-16(22)9-14(11-18(19)26-2)12-5-7-15(23)8-6-12/h3-9,11,13,20H,10H2,1-2H3/b4-3+/t13-,20?/m1/s1. The van der Waals surface area contributed by atoms with Crippen molar-refractivity contribution in [2.75, 3.05) is 7.11 Å². The van der Waals surface area contributed by atoms with Gasteiger partial charge in [0.15, 0.2) is 5.78 Å². The predicted molar refractivity (Wildman–Crippen MR) is 99.1 cm³/mol. The van der Waals surface area contributed by atoms with Gasteiger partial charge in [-0.3, -0.25) is 9.59 Å². The van der Waals surface area contributed by atoms with Crippen molar-refractivity contribution >= 4 is 23.2 Å². The summed E-state index contributed by atoms with van der Waals surface area (Å²) in [5, 5.41) is 0.288. The molecule has 0 aromatic heterocycles. The molecule has 1 saturated carbocycles. The first kappa shape index (κ1) is 18.3. The van der Waals surface area contributed by atoms with Crippen LogP contribution in [0.1, 0.15) is 24.8 Å². The van der Waals surface area contributed by atoms with Crippen LogP contribution >= 0.6 is 11.6 Å². The van der Waals surface area contributed by atoms with Gasteiger partial charge >= 0.3 is 0 Å². The van der Waals surface area contributed by atoms with Crippen LogP contribution in [0.5, 0.6) is 5.75 Å². The van der Waals surface area contributed by atoms with Crippen molar-refractivity contribution in [3.05, 3.63) is 65.0 Å². The topological polar surface area (TPSA) is 43.4 Å². The summed E-state index contributed by atoms with van der Waals surface area (Å²) in [6.07, 6.45) is 3.69. The van der Waals surface area contributed by atoms with Crippen LogP contribution in [0.15, 0.2) is 48.6 Å². The summed E-state index contributed by atoms with van der Waals surface area (Å²) in [7, 11) is 1.47. The molecule has 0 spiro atoms. The van der Waals surface area contributed by atoms with Crippen LogP contribution in [0.25, 0.3) is 11.1 Å². The third-order valence-corrected chi connectivity index (χ3v) is 4.91. The molecule has 2 aromatic carbocycles. The number of Topliss-reactive ketones (excluding diaryl/α,β-unsaturated/α-hetero) is 2. The van der Waals surface area contributed by atoms with Gasteiger partial charge in [-0.05, 0) is 42.3 Å². The molecule has 2 atom stereocenters. The Morgan fingerprint density at radius 1 is 1.15 bits per heavy atom. The summed E-state index contributed by atoms with van der Waals surface area (Å²) in [6, 6.07) is 9.38. The fourth-order valence-electron chi connectivity index (χ4n) is 3.36. The normalized spacial score (nSPS) is 20.2. The molecule has 2 aromatic rings. The fraction of sp³-hybridized carbons (Fsp3) is 0.238. The minimum atomic E-state index is -0.916. The number of halogens is 2. The Labute approximate surface area is 156 Å². The van der Waals surface area contributed by atoms with Gasteiger partial charge in [-0.1, -0.05) is 35.9 Å². The molecule has 26 heavy (non-hydrogen) atoms. The lowest BCUT2D eigenvalue weighted by molar-refractivity contribution is -0.124. The molecule has 5 heteroatoms. The number of methoxy groups -OCH3 is 1. The van der Waals surface area contributed by atoms with Gasteiger partial charge in [0.25, 0.3) is 0 Å². The van der Waals surface area contributed by atoms with Crippen LogP contribution in [0, 0.1) is 11.7 Å². The van der Waals surface area contributed by atoms with Gasteiger partial charge in [-0.25, -0.2) is 4.39 Å². The van der Waals surface area contributed by atoms with Crippen molar-refractivity contribution in [1.29, 1.82) is 0 Å². The van der Waals surface area contributed by atoms with E-state index in [4.69, 9.17) is 16.3 Å². The Morgan fingerprint density at radius 2 is 1.85 bits per heavy atom. The first-order valence-corrected chi connectivity index (χ1v) is 8.66. The number of rotatable bonds is 4. The zero-order chi connectivity index (χ0) is 18.8. The lowest BCUT2D eigenvalue weighted by Gasteiger charge is -2.17. The predicted octanol–water partition coefficient (Wildman–Crippen LogP) is 4.97. The van der Waals surface area contributed by atoms with E-state index in [1.165, 1.54) is 19.2 Å². The van der Waals surface area contributed by atoms with Gasteiger partial charge in [0.2, 0.25) is 0 Å². The van der Waals surface area contributed by atoms with E-state index in [-0.39, 0.29) is 28.8 Å². The van der Waals surface area contributed by atoms with E-state index in [0.29, 0.717) is 11.3 Å². The Bertz CT molecular complexity index is 887. The summed E-state index contributed by atoms with van der Waals surface area (Å²) in [5.74, 6) is -1.61. The SMILES string of the molecule is C/C=C/[C@@H]1CC(=O)C(c2c(Cl)cc(-c3ccc(F)cc3)cc2OC)C1=O.